The average molecular weight is 380 g/mol. The molecule has 2 amide bonds. The number of nitrogens with one attached hydrogen (secondary N) is 1. The quantitative estimate of drug-likeness (QED) is 0.699. The number of hydrogen-bond acceptors (Lipinski definition) is 2. The third kappa shape index (κ3) is 1.93. The summed E-state index contributed by atoms with van der Waals surface area (Å²) in [7, 11) is 0. The van der Waals surface area contributed by atoms with Crippen LogP contribution in [0, 0.1) is 11.8 Å². The van der Waals surface area contributed by atoms with Gasteiger partial charge < -0.3 is 0 Å². The number of benzene rings is 3. The molecular formula is C25H20N2O2. The highest BCUT2D eigenvalue weighted by molar-refractivity contribution is 6.06. The van der Waals surface area contributed by atoms with Crippen LogP contribution in [0.5, 0.6) is 0 Å². The zero-order valence-corrected chi connectivity index (χ0v) is 16.0. The molecule has 3 aliphatic carbocycles. The minimum atomic E-state index is -0.547. The van der Waals surface area contributed by atoms with Crippen molar-refractivity contribution in [2.24, 2.45) is 11.8 Å². The van der Waals surface area contributed by atoms with E-state index in [1.165, 1.54) is 27.3 Å². The van der Waals surface area contributed by atoms with Crippen molar-refractivity contribution < 1.29 is 9.59 Å². The maximum Gasteiger partial charge on any atom is 0.250 e. The number of hydrazine groups is 1. The molecule has 1 N–H and O–H groups in total. The molecule has 3 aromatic rings. The minimum Gasteiger partial charge on any atom is -0.273 e. The molecule has 0 aromatic heterocycles. The zero-order chi connectivity index (χ0) is 19.8. The molecule has 4 aliphatic rings. The van der Waals surface area contributed by atoms with Gasteiger partial charge in [-0.25, -0.2) is 5.01 Å². The molecule has 1 heterocycles. The van der Waals surface area contributed by atoms with Crippen molar-refractivity contribution in [2.75, 3.05) is 5.01 Å². The summed E-state index contributed by atoms with van der Waals surface area (Å²) in [4.78, 5) is 27.2. The van der Waals surface area contributed by atoms with Gasteiger partial charge in [0.2, 0.25) is 5.91 Å². The van der Waals surface area contributed by atoms with Crippen molar-refractivity contribution in [2.45, 2.75) is 18.3 Å². The normalized spacial score (nSPS) is 29.0. The van der Waals surface area contributed by atoms with Crippen molar-refractivity contribution in [3.05, 3.63) is 101 Å². The third-order valence-electron chi connectivity index (χ3n) is 7.08. The van der Waals surface area contributed by atoms with Crippen LogP contribution in [0.4, 0.5) is 5.69 Å². The summed E-state index contributed by atoms with van der Waals surface area (Å²) < 4.78 is 0. The van der Waals surface area contributed by atoms with E-state index < -0.39 is 17.3 Å². The van der Waals surface area contributed by atoms with Gasteiger partial charge in [0.1, 0.15) is 0 Å². The van der Waals surface area contributed by atoms with Crippen molar-refractivity contribution in [3.63, 3.8) is 0 Å². The van der Waals surface area contributed by atoms with Crippen molar-refractivity contribution in [1.82, 2.24) is 5.43 Å². The predicted octanol–water partition coefficient (Wildman–Crippen LogP) is 3.76. The van der Waals surface area contributed by atoms with Crippen LogP contribution in [0.3, 0.4) is 0 Å². The van der Waals surface area contributed by atoms with Gasteiger partial charge in [-0.05, 0) is 34.4 Å². The topological polar surface area (TPSA) is 49.4 Å². The first kappa shape index (κ1) is 16.5. The highest BCUT2D eigenvalue weighted by Gasteiger charge is 2.63. The number of carbonyl (C=O) groups is 2. The lowest BCUT2D eigenvalue weighted by molar-refractivity contribution is -0.144. The molecule has 4 heteroatoms. The van der Waals surface area contributed by atoms with Crippen LogP contribution in [-0.4, -0.2) is 11.8 Å². The Balaban J connectivity index is 1.62. The Morgan fingerprint density at radius 3 is 1.97 bits per heavy atom. The lowest BCUT2D eigenvalue weighted by atomic mass is 9.46. The fraction of sp³-hybridized carbons (Fsp3) is 0.200. The molecule has 4 nitrogen and oxygen atoms in total. The summed E-state index contributed by atoms with van der Waals surface area (Å²) in [6.45, 7) is 2.14. The second-order valence-electron chi connectivity index (χ2n) is 8.34. The highest BCUT2D eigenvalue weighted by atomic mass is 16.2. The second-order valence-corrected chi connectivity index (χ2v) is 8.34. The lowest BCUT2D eigenvalue weighted by Crippen LogP contribution is -2.68. The van der Waals surface area contributed by atoms with Gasteiger partial charge in [0.25, 0.3) is 5.91 Å². The van der Waals surface area contributed by atoms with Crippen LogP contribution in [0.2, 0.25) is 0 Å². The first-order chi connectivity index (χ1) is 14.1. The van der Waals surface area contributed by atoms with Crippen LogP contribution < -0.4 is 10.4 Å². The summed E-state index contributed by atoms with van der Waals surface area (Å²) in [5.41, 5.74) is 7.71. The molecule has 29 heavy (non-hydrogen) atoms. The molecule has 2 atom stereocenters. The minimum absolute atomic E-state index is 0.0442. The SMILES string of the molecule is CC12c3ccccc3C(c3ccccc31)[C@@H]1C(=O)NN(c3ccccc3)C(=O)[C@@H]12. The zero-order valence-electron chi connectivity index (χ0n) is 16.0. The Bertz CT molecular complexity index is 1120. The number of hydrogen-bond donors (Lipinski definition) is 1. The van der Waals surface area contributed by atoms with Gasteiger partial charge in [-0.15, -0.1) is 0 Å². The standard InChI is InChI=1S/C25H20N2O2/c1-25-18-13-7-5-11-16(18)20(17-12-6-8-14-19(17)25)21-22(25)24(29)27(26-23(21)28)15-9-3-2-4-10-15/h2-14,20-22H,1H3,(H,26,28)/t20?,21-,22+,25?/m0/s1. The summed E-state index contributed by atoms with van der Waals surface area (Å²) in [5, 5.41) is 1.45. The van der Waals surface area contributed by atoms with E-state index in [1.807, 2.05) is 54.6 Å². The van der Waals surface area contributed by atoms with E-state index in [-0.39, 0.29) is 17.7 Å². The molecule has 1 saturated heterocycles. The molecule has 0 radical (unpaired) electrons. The van der Waals surface area contributed by atoms with Crippen molar-refractivity contribution in [3.8, 4) is 0 Å². The van der Waals surface area contributed by atoms with Crippen LogP contribution in [-0.2, 0) is 15.0 Å². The fourth-order valence-corrected chi connectivity index (χ4v) is 5.92. The number of anilines is 1. The smallest absolute Gasteiger partial charge is 0.250 e. The molecule has 0 spiro atoms. The van der Waals surface area contributed by atoms with Crippen LogP contribution >= 0.6 is 0 Å². The number of para-hydroxylation sites is 1. The summed E-state index contributed by atoms with van der Waals surface area (Å²) >= 11 is 0. The van der Waals surface area contributed by atoms with Crippen LogP contribution in [0.1, 0.15) is 35.1 Å². The Morgan fingerprint density at radius 2 is 1.34 bits per heavy atom. The Hall–Kier alpha value is -3.40. The third-order valence-corrected chi connectivity index (χ3v) is 7.08. The highest BCUT2D eigenvalue weighted by Crippen LogP contribution is 2.62. The van der Waals surface area contributed by atoms with E-state index >= 15 is 0 Å². The van der Waals surface area contributed by atoms with E-state index in [0.29, 0.717) is 5.69 Å². The molecule has 2 bridgehead atoms. The molecular weight excluding hydrogens is 360 g/mol. The fourth-order valence-electron chi connectivity index (χ4n) is 5.92. The number of rotatable bonds is 1. The lowest BCUT2D eigenvalue weighted by Gasteiger charge is -2.57. The van der Waals surface area contributed by atoms with Crippen LogP contribution in [0.25, 0.3) is 0 Å². The first-order valence-electron chi connectivity index (χ1n) is 10.0. The Labute approximate surface area is 169 Å². The number of carbonyl (C=O) groups excluding carboxylic acids is 2. The van der Waals surface area contributed by atoms with E-state index in [9.17, 15) is 9.59 Å². The average Bonchev–Trinajstić information content (AvgIpc) is 2.77. The monoisotopic (exact) mass is 380 g/mol. The van der Waals surface area contributed by atoms with Gasteiger partial charge in [0.05, 0.1) is 17.5 Å². The molecule has 3 aromatic carbocycles. The summed E-state index contributed by atoms with van der Waals surface area (Å²) in [6, 6.07) is 26.0. The number of amides is 2. The molecule has 7 rings (SSSR count). The van der Waals surface area contributed by atoms with Gasteiger partial charge >= 0.3 is 0 Å². The second kappa shape index (κ2) is 5.57. The summed E-state index contributed by atoms with van der Waals surface area (Å²) in [6.07, 6.45) is 0. The van der Waals surface area contributed by atoms with E-state index in [2.05, 4.69) is 36.6 Å². The van der Waals surface area contributed by atoms with Gasteiger partial charge in [-0.1, -0.05) is 73.7 Å². The van der Waals surface area contributed by atoms with Gasteiger partial charge in [0, 0.05) is 11.3 Å². The Morgan fingerprint density at radius 1 is 0.793 bits per heavy atom. The molecule has 1 aliphatic heterocycles. The molecule has 0 unspecified atom stereocenters. The first-order valence-corrected chi connectivity index (χ1v) is 10.0. The largest absolute Gasteiger partial charge is 0.273 e. The Kier molecular flexibility index (Phi) is 3.18. The molecule has 1 fully saturated rings. The summed E-state index contributed by atoms with van der Waals surface area (Å²) in [5.74, 6) is -1.07. The van der Waals surface area contributed by atoms with Gasteiger partial charge in [0.15, 0.2) is 0 Å². The van der Waals surface area contributed by atoms with Crippen LogP contribution in [0.15, 0.2) is 78.9 Å². The van der Waals surface area contributed by atoms with Crippen molar-refractivity contribution in [1.29, 1.82) is 0 Å². The van der Waals surface area contributed by atoms with Gasteiger partial charge in [-0.3, -0.25) is 15.0 Å². The maximum atomic E-state index is 13.8. The maximum absolute atomic E-state index is 13.8. The van der Waals surface area contributed by atoms with Crippen molar-refractivity contribution >= 4 is 17.5 Å². The van der Waals surface area contributed by atoms with E-state index in [4.69, 9.17) is 0 Å². The molecule has 0 saturated carbocycles. The van der Waals surface area contributed by atoms with Gasteiger partial charge in [-0.2, -0.15) is 0 Å². The predicted molar refractivity (Wildman–Crippen MR) is 110 cm³/mol. The van der Waals surface area contributed by atoms with E-state index in [0.717, 1.165) is 0 Å². The molecule has 142 valence electrons. The van der Waals surface area contributed by atoms with E-state index in [1.54, 1.807) is 0 Å². The number of nitrogens with zero attached hydrogens (tertiary/aromatic N) is 1.